The molecule has 0 radical (unpaired) electrons. The van der Waals surface area contributed by atoms with Crippen molar-refractivity contribution in [3.05, 3.63) is 34.0 Å². The van der Waals surface area contributed by atoms with Crippen molar-refractivity contribution in [1.29, 1.82) is 0 Å². The molecule has 2 heterocycles. The zero-order valence-electron chi connectivity index (χ0n) is 16.5. The van der Waals surface area contributed by atoms with Crippen LogP contribution in [0.5, 0.6) is 11.5 Å². The monoisotopic (exact) mass is 424 g/mol. The van der Waals surface area contributed by atoms with Crippen molar-refractivity contribution >= 4 is 34.5 Å². The van der Waals surface area contributed by atoms with E-state index in [1.807, 2.05) is 20.8 Å². The summed E-state index contributed by atoms with van der Waals surface area (Å²) >= 11 is 1.06. The highest BCUT2D eigenvalue weighted by Crippen LogP contribution is 2.37. The molecule has 3 rings (SSSR count). The van der Waals surface area contributed by atoms with Gasteiger partial charge in [-0.05, 0) is 31.2 Å². The van der Waals surface area contributed by atoms with Crippen LogP contribution in [0.3, 0.4) is 0 Å². The van der Waals surface area contributed by atoms with Gasteiger partial charge in [-0.3, -0.25) is 9.59 Å². The summed E-state index contributed by atoms with van der Waals surface area (Å²) in [4.78, 5) is 27.8. The first-order chi connectivity index (χ1) is 13.6. The van der Waals surface area contributed by atoms with E-state index in [9.17, 15) is 18.4 Å². The predicted octanol–water partition coefficient (Wildman–Crippen LogP) is 4.68. The fraction of sp³-hybridized carbons (Fsp3) is 0.400. The van der Waals surface area contributed by atoms with Gasteiger partial charge in [0.2, 0.25) is 5.91 Å². The molecule has 9 heteroatoms. The minimum Gasteiger partial charge on any atom is -0.490 e. The number of nitrogens with one attached hydrogen (secondary N) is 1. The maximum absolute atomic E-state index is 12.8. The highest BCUT2D eigenvalue weighted by Gasteiger charge is 2.32. The summed E-state index contributed by atoms with van der Waals surface area (Å²) < 4.78 is 35.3. The van der Waals surface area contributed by atoms with Crippen molar-refractivity contribution in [2.75, 3.05) is 23.4 Å². The minimum atomic E-state index is -3.02. The molecule has 156 valence electrons. The number of amides is 2. The third kappa shape index (κ3) is 4.67. The Morgan fingerprint density at radius 3 is 2.66 bits per heavy atom. The van der Waals surface area contributed by atoms with Crippen LogP contribution in [0.15, 0.2) is 24.3 Å². The number of hydrogen-bond donors (Lipinski definition) is 1. The van der Waals surface area contributed by atoms with Crippen LogP contribution in [0.2, 0.25) is 0 Å². The van der Waals surface area contributed by atoms with Gasteiger partial charge < -0.3 is 19.7 Å². The second-order valence-corrected chi connectivity index (χ2v) is 8.88. The molecule has 1 aromatic carbocycles. The maximum atomic E-state index is 12.8. The Bertz CT molecular complexity index is 937. The Hall–Kier alpha value is -2.68. The third-order valence-corrected chi connectivity index (χ3v) is 5.24. The first kappa shape index (κ1) is 21.0. The standard InChI is InChI=1S/C20H22F2N2O4S/c1-11-9-15(28-19(21)22)16(29-11)17(25)23-12-5-6-14-13(10-12)24(7-8-27-14)18(26)20(2,3)4/h5-6,9-10,19H,7-8H2,1-4H3,(H,23,25). The molecule has 2 aromatic rings. The number of ether oxygens (including phenoxy) is 2. The lowest BCUT2D eigenvalue weighted by Gasteiger charge is -2.34. The van der Waals surface area contributed by atoms with E-state index in [0.29, 0.717) is 35.2 Å². The third-order valence-electron chi connectivity index (χ3n) is 4.21. The van der Waals surface area contributed by atoms with Crippen LogP contribution in [0, 0.1) is 12.3 Å². The number of rotatable bonds is 4. The second kappa shape index (κ2) is 7.98. The van der Waals surface area contributed by atoms with E-state index in [2.05, 4.69) is 10.1 Å². The molecule has 0 fully saturated rings. The second-order valence-electron chi connectivity index (χ2n) is 7.62. The molecule has 29 heavy (non-hydrogen) atoms. The smallest absolute Gasteiger partial charge is 0.387 e. The average Bonchev–Trinajstić information content (AvgIpc) is 2.99. The average molecular weight is 424 g/mol. The van der Waals surface area contributed by atoms with E-state index in [-0.39, 0.29) is 16.5 Å². The van der Waals surface area contributed by atoms with Gasteiger partial charge in [0.25, 0.3) is 5.91 Å². The van der Waals surface area contributed by atoms with Crippen LogP contribution in [0.25, 0.3) is 0 Å². The molecule has 1 aliphatic rings. The number of fused-ring (bicyclic) bond motifs is 1. The molecule has 0 bridgehead atoms. The first-order valence-corrected chi connectivity index (χ1v) is 9.83. The van der Waals surface area contributed by atoms with E-state index >= 15 is 0 Å². The highest BCUT2D eigenvalue weighted by molar-refractivity contribution is 7.14. The molecule has 0 saturated heterocycles. The maximum Gasteiger partial charge on any atom is 0.387 e. The summed E-state index contributed by atoms with van der Waals surface area (Å²) in [5.74, 6) is -0.248. The highest BCUT2D eigenvalue weighted by atomic mass is 32.1. The molecule has 0 atom stereocenters. The number of carbonyl (C=O) groups excluding carboxylic acids is 2. The van der Waals surface area contributed by atoms with Crippen LogP contribution in [0.4, 0.5) is 20.2 Å². The van der Waals surface area contributed by atoms with Crippen molar-refractivity contribution < 1.29 is 27.8 Å². The molecule has 0 spiro atoms. The number of nitrogens with zero attached hydrogens (tertiary/aromatic N) is 1. The number of aryl methyl sites for hydroxylation is 1. The SMILES string of the molecule is Cc1cc(OC(F)F)c(C(=O)Nc2ccc3c(c2)N(C(=O)C(C)(C)C)CCO3)s1. The zero-order valence-corrected chi connectivity index (χ0v) is 17.4. The van der Waals surface area contributed by atoms with Crippen LogP contribution < -0.4 is 19.7 Å². The number of halogens is 2. The molecule has 1 N–H and O–H groups in total. The molecule has 0 saturated carbocycles. The van der Waals surface area contributed by atoms with Gasteiger partial charge in [-0.25, -0.2) is 0 Å². The number of thiophene rings is 1. The van der Waals surface area contributed by atoms with Gasteiger partial charge in [0, 0.05) is 16.0 Å². The van der Waals surface area contributed by atoms with Gasteiger partial charge in [-0.15, -0.1) is 11.3 Å². The number of carbonyl (C=O) groups is 2. The summed E-state index contributed by atoms with van der Waals surface area (Å²) in [6.45, 7) is 4.96. The molecule has 0 unspecified atom stereocenters. The number of hydrogen-bond acceptors (Lipinski definition) is 5. The van der Waals surface area contributed by atoms with Gasteiger partial charge in [0.1, 0.15) is 23.0 Å². The van der Waals surface area contributed by atoms with Gasteiger partial charge >= 0.3 is 6.61 Å². The van der Waals surface area contributed by atoms with E-state index in [1.54, 1.807) is 30.0 Å². The number of anilines is 2. The Balaban J connectivity index is 1.87. The fourth-order valence-corrected chi connectivity index (χ4v) is 3.77. The summed E-state index contributed by atoms with van der Waals surface area (Å²) in [5, 5.41) is 2.69. The van der Waals surface area contributed by atoms with Gasteiger partial charge in [-0.2, -0.15) is 8.78 Å². The normalized spacial score (nSPS) is 13.7. The molecule has 0 aliphatic carbocycles. The lowest BCUT2D eigenvalue weighted by atomic mass is 9.94. The van der Waals surface area contributed by atoms with Gasteiger partial charge in [0.15, 0.2) is 0 Å². The molecule has 1 aromatic heterocycles. The topological polar surface area (TPSA) is 67.9 Å². The van der Waals surface area contributed by atoms with E-state index in [4.69, 9.17) is 4.74 Å². The summed E-state index contributed by atoms with van der Waals surface area (Å²) in [6.07, 6.45) is 0. The van der Waals surface area contributed by atoms with Crippen molar-refractivity contribution in [3.63, 3.8) is 0 Å². The van der Waals surface area contributed by atoms with E-state index in [0.717, 1.165) is 11.3 Å². The Morgan fingerprint density at radius 2 is 2.00 bits per heavy atom. The van der Waals surface area contributed by atoms with Crippen LogP contribution >= 0.6 is 11.3 Å². The Labute approximate surface area is 171 Å². The van der Waals surface area contributed by atoms with Crippen molar-refractivity contribution in [2.24, 2.45) is 5.41 Å². The Morgan fingerprint density at radius 1 is 1.28 bits per heavy atom. The lowest BCUT2D eigenvalue weighted by molar-refractivity contribution is -0.126. The summed E-state index contributed by atoms with van der Waals surface area (Å²) in [5.41, 5.74) is 0.393. The van der Waals surface area contributed by atoms with Crippen LogP contribution in [0.1, 0.15) is 35.3 Å². The summed E-state index contributed by atoms with van der Waals surface area (Å²) in [6, 6.07) is 6.35. The minimum absolute atomic E-state index is 0.0550. The van der Waals surface area contributed by atoms with Gasteiger partial charge in [-0.1, -0.05) is 20.8 Å². The van der Waals surface area contributed by atoms with Crippen LogP contribution in [-0.4, -0.2) is 31.6 Å². The molecular formula is C20H22F2N2O4S. The van der Waals surface area contributed by atoms with Gasteiger partial charge in [0.05, 0.1) is 12.2 Å². The summed E-state index contributed by atoms with van der Waals surface area (Å²) in [7, 11) is 0. The molecule has 1 aliphatic heterocycles. The van der Waals surface area contributed by atoms with E-state index < -0.39 is 17.9 Å². The Kier molecular flexibility index (Phi) is 5.79. The number of benzene rings is 1. The number of alkyl halides is 2. The van der Waals surface area contributed by atoms with Crippen LogP contribution in [-0.2, 0) is 4.79 Å². The lowest BCUT2D eigenvalue weighted by Crippen LogP contribution is -2.44. The largest absolute Gasteiger partial charge is 0.490 e. The van der Waals surface area contributed by atoms with Crippen molar-refractivity contribution in [1.82, 2.24) is 0 Å². The zero-order chi connectivity index (χ0) is 21.3. The molecule has 6 nitrogen and oxygen atoms in total. The molecule has 2 amide bonds. The molecular weight excluding hydrogens is 402 g/mol. The first-order valence-electron chi connectivity index (χ1n) is 9.01. The quantitative estimate of drug-likeness (QED) is 0.774. The van der Waals surface area contributed by atoms with Crippen molar-refractivity contribution in [3.8, 4) is 11.5 Å². The predicted molar refractivity (Wildman–Crippen MR) is 107 cm³/mol. The van der Waals surface area contributed by atoms with Crippen molar-refractivity contribution in [2.45, 2.75) is 34.3 Å². The van der Waals surface area contributed by atoms with E-state index in [1.165, 1.54) is 6.07 Å². The fourth-order valence-electron chi connectivity index (χ4n) is 2.93.